The van der Waals surface area contributed by atoms with Gasteiger partial charge in [0.15, 0.2) is 5.78 Å². The van der Waals surface area contributed by atoms with Gasteiger partial charge < -0.3 is 4.74 Å². The molecule has 0 spiro atoms. The topological polar surface area (TPSA) is 29.5 Å². The molecule has 3 rings (SSSR count). The number of Topliss-reactive ketones (excluding diaryl/α,β-unsaturated/α-hetero) is 1. The predicted octanol–water partition coefficient (Wildman–Crippen LogP) is 3.43. The second-order valence-corrected chi connectivity index (χ2v) is 6.03. The summed E-state index contributed by atoms with van der Waals surface area (Å²) >= 11 is 0. The summed E-state index contributed by atoms with van der Waals surface area (Å²) in [6.45, 7) is 6.49. The minimum absolute atomic E-state index is 0.106. The van der Waals surface area contributed by atoms with Crippen LogP contribution in [0.2, 0.25) is 0 Å². The van der Waals surface area contributed by atoms with Crippen molar-refractivity contribution in [2.75, 3.05) is 32.8 Å². The highest BCUT2D eigenvalue weighted by molar-refractivity contribution is 5.94. The number of carbonyl (C=O) groups excluding carboxylic acids is 1. The number of ether oxygens (including phenoxy) is 1. The largest absolute Gasteiger partial charge is 0.379 e. The number of benzene rings is 2. The van der Waals surface area contributed by atoms with Crippen LogP contribution in [0.25, 0.3) is 11.1 Å². The maximum Gasteiger partial charge on any atom is 0.159 e. The minimum atomic E-state index is 0.106. The van der Waals surface area contributed by atoms with E-state index in [2.05, 4.69) is 29.2 Å². The molecule has 0 N–H and O–H groups in total. The Hall–Kier alpha value is -1.97. The number of ketones is 1. The zero-order valence-corrected chi connectivity index (χ0v) is 13.6. The van der Waals surface area contributed by atoms with E-state index in [0.717, 1.165) is 50.4 Å². The minimum Gasteiger partial charge on any atom is -0.379 e. The second kappa shape index (κ2) is 7.53. The molecule has 1 aliphatic rings. The third-order valence-electron chi connectivity index (χ3n) is 4.40. The van der Waals surface area contributed by atoms with Crippen LogP contribution in [0.15, 0.2) is 48.5 Å². The van der Waals surface area contributed by atoms with E-state index in [1.54, 1.807) is 6.92 Å². The lowest BCUT2D eigenvalue weighted by Gasteiger charge is -2.26. The molecule has 0 aromatic heterocycles. The zero-order valence-electron chi connectivity index (χ0n) is 13.6. The number of nitrogens with zero attached hydrogens (tertiary/aromatic N) is 1. The molecule has 120 valence electrons. The first-order valence-corrected chi connectivity index (χ1v) is 8.23. The Morgan fingerprint density at radius 1 is 0.957 bits per heavy atom. The number of hydrogen-bond acceptors (Lipinski definition) is 3. The first-order valence-electron chi connectivity index (χ1n) is 8.23. The van der Waals surface area contributed by atoms with Crippen LogP contribution in [0, 0.1) is 0 Å². The van der Waals surface area contributed by atoms with Crippen LogP contribution < -0.4 is 0 Å². The van der Waals surface area contributed by atoms with Gasteiger partial charge in [-0.25, -0.2) is 0 Å². The van der Waals surface area contributed by atoms with Crippen molar-refractivity contribution in [1.82, 2.24) is 4.90 Å². The predicted molar refractivity (Wildman–Crippen MR) is 92.8 cm³/mol. The molecule has 0 unspecified atom stereocenters. The summed E-state index contributed by atoms with van der Waals surface area (Å²) in [6.07, 6.45) is 1.07. The fourth-order valence-corrected chi connectivity index (χ4v) is 2.87. The fraction of sp³-hybridized carbons (Fsp3) is 0.350. The number of morpholine rings is 1. The molecule has 0 radical (unpaired) electrons. The molecule has 1 aliphatic heterocycles. The van der Waals surface area contributed by atoms with Crippen LogP contribution in [0.1, 0.15) is 22.8 Å². The Morgan fingerprint density at radius 2 is 1.52 bits per heavy atom. The van der Waals surface area contributed by atoms with Gasteiger partial charge in [0.1, 0.15) is 0 Å². The van der Waals surface area contributed by atoms with Gasteiger partial charge in [0.25, 0.3) is 0 Å². The van der Waals surface area contributed by atoms with Gasteiger partial charge in [0.05, 0.1) is 13.2 Å². The number of rotatable bonds is 5. The summed E-state index contributed by atoms with van der Waals surface area (Å²) in [5, 5.41) is 0. The van der Waals surface area contributed by atoms with Gasteiger partial charge in [-0.05, 0) is 30.0 Å². The number of carbonyl (C=O) groups is 1. The van der Waals surface area contributed by atoms with Gasteiger partial charge >= 0.3 is 0 Å². The summed E-state index contributed by atoms with van der Waals surface area (Å²) in [7, 11) is 0. The van der Waals surface area contributed by atoms with E-state index in [4.69, 9.17) is 4.74 Å². The maximum absolute atomic E-state index is 11.3. The van der Waals surface area contributed by atoms with Gasteiger partial charge in [0, 0.05) is 25.2 Å². The van der Waals surface area contributed by atoms with E-state index in [9.17, 15) is 4.79 Å². The molecule has 1 fully saturated rings. The van der Waals surface area contributed by atoms with E-state index < -0.39 is 0 Å². The molecule has 0 atom stereocenters. The molecule has 2 aromatic carbocycles. The Labute approximate surface area is 137 Å². The highest BCUT2D eigenvalue weighted by Crippen LogP contribution is 2.21. The normalized spacial score (nSPS) is 15.5. The molecular weight excluding hydrogens is 286 g/mol. The Balaban J connectivity index is 1.61. The highest BCUT2D eigenvalue weighted by atomic mass is 16.5. The lowest BCUT2D eigenvalue weighted by atomic mass is 10.0. The van der Waals surface area contributed by atoms with Crippen molar-refractivity contribution < 1.29 is 9.53 Å². The van der Waals surface area contributed by atoms with E-state index in [-0.39, 0.29) is 5.78 Å². The molecule has 23 heavy (non-hydrogen) atoms. The molecule has 1 saturated heterocycles. The summed E-state index contributed by atoms with van der Waals surface area (Å²) in [6, 6.07) is 16.5. The van der Waals surface area contributed by atoms with Crippen molar-refractivity contribution in [2.24, 2.45) is 0 Å². The Kier molecular flexibility index (Phi) is 5.21. The summed E-state index contributed by atoms with van der Waals surface area (Å²) < 4.78 is 5.38. The Morgan fingerprint density at radius 3 is 2.09 bits per heavy atom. The smallest absolute Gasteiger partial charge is 0.159 e. The van der Waals surface area contributed by atoms with Crippen molar-refractivity contribution in [3.63, 3.8) is 0 Å². The van der Waals surface area contributed by atoms with Crippen molar-refractivity contribution in [3.8, 4) is 11.1 Å². The summed E-state index contributed by atoms with van der Waals surface area (Å²) in [5.74, 6) is 0.106. The molecular formula is C20H23NO2. The number of hydrogen-bond donors (Lipinski definition) is 0. The van der Waals surface area contributed by atoms with Gasteiger partial charge in [-0.2, -0.15) is 0 Å². The molecule has 0 bridgehead atoms. The standard InChI is InChI=1S/C20H23NO2/c1-16(22)18-6-8-20(9-7-18)19-4-2-17(3-5-19)10-11-21-12-14-23-15-13-21/h2-9H,10-15H2,1H3. The maximum atomic E-state index is 11.3. The van der Waals surface area contributed by atoms with E-state index in [1.807, 2.05) is 24.3 Å². The molecule has 3 nitrogen and oxygen atoms in total. The molecule has 1 heterocycles. The molecule has 3 heteroatoms. The summed E-state index contributed by atoms with van der Waals surface area (Å²) in [5.41, 5.74) is 4.46. The fourth-order valence-electron chi connectivity index (χ4n) is 2.87. The van der Waals surface area contributed by atoms with Gasteiger partial charge in [-0.3, -0.25) is 9.69 Å². The van der Waals surface area contributed by atoms with Gasteiger partial charge in [-0.1, -0.05) is 48.5 Å². The molecule has 0 amide bonds. The Bertz CT molecular complexity index is 640. The van der Waals surface area contributed by atoms with Crippen LogP contribution >= 0.6 is 0 Å². The monoisotopic (exact) mass is 309 g/mol. The average Bonchev–Trinajstić information content (AvgIpc) is 2.61. The molecule has 0 saturated carbocycles. The first kappa shape index (κ1) is 15.9. The van der Waals surface area contributed by atoms with Crippen molar-refractivity contribution in [1.29, 1.82) is 0 Å². The second-order valence-electron chi connectivity index (χ2n) is 6.03. The summed E-state index contributed by atoms with van der Waals surface area (Å²) in [4.78, 5) is 13.8. The van der Waals surface area contributed by atoms with Crippen molar-refractivity contribution in [3.05, 3.63) is 59.7 Å². The van der Waals surface area contributed by atoms with Crippen LogP contribution in [0.4, 0.5) is 0 Å². The van der Waals surface area contributed by atoms with Crippen LogP contribution in [0.5, 0.6) is 0 Å². The van der Waals surface area contributed by atoms with Crippen LogP contribution in [-0.2, 0) is 11.2 Å². The lowest BCUT2D eigenvalue weighted by molar-refractivity contribution is 0.0384. The van der Waals surface area contributed by atoms with Crippen LogP contribution in [0.3, 0.4) is 0 Å². The van der Waals surface area contributed by atoms with E-state index >= 15 is 0 Å². The average molecular weight is 309 g/mol. The third kappa shape index (κ3) is 4.27. The quantitative estimate of drug-likeness (QED) is 0.793. The van der Waals surface area contributed by atoms with Crippen LogP contribution in [-0.4, -0.2) is 43.5 Å². The van der Waals surface area contributed by atoms with Gasteiger partial charge in [-0.15, -0.1) is 0 Å². The third-order valence-corrected chi connectivity index (χ3v) is 4.40. The SMILES string of the molecule is CC(=O)c1ccc(-c2ccc(CCN3CCOCC3)cc2)cc1. The van der Waals surface area contributed by atoms with Crippen molar-refractivity contribution >= 4 is 5.78 Å². The first-order chi connectivity index (χ1) is 11.2. The molecule has 0 aliphatic carbocycles. The van der Waals surface area contributed by atoms with Gasteiger partial charge in [0.2, 0.25) is 0 Å². The molecule has 2 aromatic rings. The highest BCUT2D eigenvalue weighted by Gasteiger charge is 2.09. The van der Waals surface area contributed by atoms with E-state index in [1.165, 1.54) is 11.1 Å². The van der Waals surface area contributed by atoms with E-state index in [0.29, 0.717) is 0 Å². The zero-order chi connectivity index (χ0) is 16.1. The van der Waals surface area contributed by atoms with Crippen molar-refractivity contribution in [2.45, 2.75) is 13.3 Å². The lowest BCUT2D eigenvalue weighted by Crippen LogP contribution is -2.37.